The lowest BCUT2D eigenvalue weighted by atomic mass is 9.95. The van der Waals surface area contributed by atoms with Crippen LogP contribution in [0.4, 0.5) is 0 Å². The summed E-state index contributed by atoms with van der Waals surface area (Å²) in [4.78, 5) is 32.2. The minimum Gasteiger partial charge on any atom is -0.493 e. The summed E-state index contributed by atoms with van der Waals surface area (Å²) in [5, 5.41) is 4.75. The van der Waals surface area contributed by atoms with Crippen molar-refractivity contribution in [1.29, 1.82) is 0 Å². The number of allylic oxidation sites excluding steroid dienone is 1. The van der Waals surface area contributed by atoms with E-state index < -0.39 is 12.0 Å². The van der Waals surface area contributed by atoms with Gasteiger partial charge in [-0.2, -0.15) is 5.10 Å². The van der Waals surface area contributed by atoms with E-state index >= 15 is 0 Å². The quantitative estimate of drug-likeness (QED) is 0.308. The van der Waals surface area contributed by atoms with Crippen molar-refractivity contribution in [3.05, 3.63) is 101 Å². The van der Waals surface area contributed by atoms with E-state index in [0.29, 0.717) is 37.7 Å². The summed E-state index contributed by atoms with van der Waals surface area (Å²) in [5.74, 6) is 0.453. The fraction of sp³-hybridized carbons (Fsp3) is 0.241. The maximum atomic E-state index is 14.0. The van der Waals surface area contributed by atoms with Crippen molar-refractivity contribution in [2.45, 2.75) is 26.8 Å². The highest BCUT2D eigenvalue weighted by atomic mass is 35.5. The maximum absolute atomic E-state index is 14.0. The molecule has 0 spiro atoms. The minimum atomic E-state index is -0.791. The van der Waals surface area contributed by atoms with Crippen LogP contribution in [0, 0.1) is 6.92 Å². The summed E-state index contributed by atoms with van der Waals surface area (Å²) in [6.45, 7) is 5.55. The van der Waals surface area contributed by atoms with Crippen molar-refractivity contribution >= 4 is 35.0 Å². The molecule has 0 saturated carbocycles. The monoisotopic (exact) mass is 578 g/mol. The Balaban J connectivity index is 1.72. The van der Waals surface area contributed by atoms with Gasteiger partial charge in [0.25, 0.3) is 5.56 Å². The Labute approximate surface area is 239 Å². The first kappa shape index (κ1) is 27.4. The predicted octanol–water partition coefficient (Wildman–Crippen LogP) is 3.96. The van der Waals surface area contributed by atoms with Gasteiger partial charge in [0.05, 0.1) is 54.1 Å². The van der Waals surface area contributed by atoms with Gasteiger partial charge in [0, 0.05) is 5.56 Å². The zero-order valence-corrected chi connectivity index (χ0v) is 24.2. The topological polar surface area (TPSA) is 96.9 Å². The Morgan fingerprint density at radius 2 is 1.82 bits per heavy atom. The van der Waals surface area contributed by atoms with Crippen LogP contribution < -0.4 is 24.4 Å². The van der Waals surface area contributed by atoms with E-state index in [1.807, 2.05) is 37.3 Å². The number of hydrogen-bond donors (Lipinski definition) is 0. The molecular formula is C29H27ClN4O5S. The molecule has 1 unspecified atom stereocenters. The van der Waals surface area contributed by atoms with Gasteiger partial charge < -0.3 is 14.2 Å². The summed E-state index contributed by atoms with van der Waals surface area (Å²) in [5.41, 5.74) is 3.33. The predicted molar refractivity (Wildman–Crippen MR) is 153 cm³/mol. The van der Waals surface area contributed by atoms with Crippen LogP contribution in [-0.4, -0.2) is 41.1 Å². The summed E-state index contributed by atoms with van der Waals surface area (Å²) in [6, 6.07) is 14.1. The average molecular weight is 579 g/mol. The van der Waals surface area contributed by atoms with Gasteiger partial charge >= 0.3 is 5.97 Å². The van der Waals surface area contributed by atoms with Crippen LogP contribution >= 0.6 is 22.9 Å². The van der Waals surface area contributed by atoms with Crippen molar-refractivity contribution in [3.8, 4) is 17.2 Å². The summed E-state index contributed by atoms with van der Waals surface area (Å²) < 4.78 is 19.9. The zero-order chi connectivity index (χ0) is 28.6. The Hall–Kier alpha value is -4.15. The fourth-order valence-corrected chi connectivity index (χ4v) is 6.02. The molecule has 0 aliphatic carbocycles. The molecule has 1 atom stereocenters. The molecule has 1 aliphatic heterocycles. The minimum absolute atomic E-state index is 0.182. The summed E-state index contributed by atoms with van der Waals surface area (Å²) in [7, 11) is 3.07. The molecule has 0 amide bonds. The van der Waals surface area contributed by atoms with Crippen molar-refractivity contribution in [1.82, 2.24) is 14.3 Å². The van der Waals surface area contributed by atoms with Crippen LogP contribution in [0.3, 0.4) is 0 Å². The molecular weight excluding hydrogens is 552 g/mol. The van der Waals surface area contributed by atoms with E-state index in [1.165, 1.54) is 23.0 Å². The van der Waals surface area contributed by atoms with Crippen molar-refractivity contribution in [2.24, 2.45) is 4.99 Å². The molecule has 2 aromatic heterocycles. The molecule has 11 heteroatoms. The van der Waals surface area contributed by atoms with E-state index in [-0.39, 0.29) is 22.9 Å². The second-order valence-electron chi connectivity index (χ2n) is 8.95. The lowest BCUT2D eigenvalue weighted by Crippen LogP contribution is -2.40. The Morgan fingerprint density at radius 1 is 1.10 bits per heavy atom. The zero-order valence-electron chi connectivity index (χ0n) is 22.6. The first-order valence-corrected chi connectivity index (χ1v) is 13.7. The number of ether oxygens (including phenoxy) is 3. The molecule has 0 radical (unpaired) electrons. The van der Waals surface area contributed by atoms with Gasteiger partial charge in [0.1, 0.15) is 0 Å². The van der Waals surface area contributed by atoms with Crippen LogP contribution in [0.5, 0.6) is 11.5 Å². The number of carbonyl (C=O) groups is 1. The SMILES string of the molecule is CCOC(=O)C1=C(C)N=c2s/c(=C\c3c(Cl)nn(-c4ccccc4)c3C)c(=O)n2C1c1ccc(OC)c(OC)c1. The van der Waals surface area contributed by atoms with Crippen LogP contribution in [0.15, 0.2) is 69.6 Å². The third-order valence-electron chi connectivity index (χ3n) is 6.63. The van der Waals surface area contributed by atoms with E-state index in [1.54, 1.807) is 49.9 Å². The van der Waals surface area contributed by atoms with Gasteiger partial charge in [-0.1, -0.05) is 47.2 Å². The molecule has 0 fully saturated rings. The summed E-state index contributed by atoms with van der Waals surface area (Å²) >= 11 is 7.77. The lowest BCUT2D eigenvalue weighted by molar-refractivity contribution is -0.139. The number of nitrogens with zero attached hydrogens (tertiary/aromatic N) is 4. The van der Waals surface area contributed by atoms with Gasteiger partial charge in [-0.15, -0.1) is 0 Å². The number of rotatable bonds is 7. The van der Waals surface area contributed by atoms with Gasteiger partial charge in [0.2, 0.25) is 0 Å². The van der Waals surface area contributed by atoms with Crippen LogP contribution in [0.1, 0.15) is 36.7 Å². The van der Waals surface area contributed by atoms with E-state index in [9.17, 15) is 9.59 Å². The average Bonchev–Trinajstić information content (AvgIpc) is 3.42. The highest BCUT2D eigenvalue weighted by molar-refractivity contribution is 7.07. The molecule has 3 heterocycles. The number of para-hydroxylation sites is 1. The number of aromatic nitrogens is 3. The number of carbonyl (C=O) groups excluding carboxylic acids is 1. The lowest BCUT2D eigenvalue weighted by Gasteiger charge is -2.25. The number of thiazole rings is 1. The fourth-order valence-electron chi connectivity index (χ4n) is 4.73. The summed E-state index contributed by atoms with van der Waals surface area (Å²) in [6.07, 6.45) is 1.73. The smallest absolute Gasteiger partial charge is 0.338 e. The van der Waals surface area contributed by atoms with E-state index in [2.05, 4.69) is 10.1 Å². The highest BCUT2D eigenvalue weighted by Crippen LogP contribution is 2.36. The molecule has 2 aromatic carbocycles. The Kier molecular flexibility index (Phi) is 7.64. The third kappa shape index (κ3) is 4.73. The van der Waals surface area contributed by atoms with Crippen LogP contribution in [-0.2, 0) is 9.53 Å². The molecule has 9 nitrogen and oxygen atoms in total. The Morgan fingerprint density at radius 3 is 2.50 bits per heavy atom. The number of fused-ring (bicyclic) bond motifs is 1. The number of hydrogen-bond acceptors (Lipinski definition) is 8. The van der Waals surface area contributed by atoms with Gasteiger partial charge in [-0.05, 0) is 56.7 Å². The third-order valence-corrected chi connectivity index (χ3v) is 7.90. The molecule has 0 saturated heterocycles. The molecule has 40 heavy (non-hydrogen) atoms. The number of benzene rings is 2. The van der Waals surface area contributed by atoms with Gasteiger partial charge in [-0.25, -0.2) is 14.5 Å². The van der Waals surface area contributed by atoms with Crippen LogP contribution in [0.2, 0.25) is 5.15 Å². The van der Waals surface area contributed by atoms with Crippen molar-refractivity contribution in [2.75, 3.05) is 20.8 Å². The number of esters is 1. The largest absolute Gasteiger partial charge is 0.493 e. The van der Waals surface area contributed by atoms with Gasteiger partial charge in [-0.3, -0.25) is 9.36 Å². The second-order valence-corrected chi connectivity index (χ2v) is 10.3. The first-order valence-electron chi connectivity index (χ1n) is 12.5. The number of methoxy groups -OCH3 is 2. The molecule has 4 aromatic rings. The standard InChI is InChI=1S/C29H27ClN4O5S/c1-6-39-28(36)24-16(2)31-29-33(25(24)18-12-13-21(37-4)22(14-18)38-5)27(35)23(40-29)15-20-17(3)34(32-26(20)30)19-10-8-7-9-11-19/h7-15,25H,6H2,1-5H3/b23-15-. The molecule has 5 rings (SSSR count). The molecule has 0 bridgehead atoms. The normalized spacial score (nSPS) is 15.1. The van der Waals surface area contributed by atoms with E-state index in [4.69, 9.17) is 25.8 Å². The number of halogens is 1. The first-order chi connectivity index (χ1) is 19.3. The van der Waals surface area contributed by atoms with Gasteiger partial charge in [0.15, 0.2) is 21.5 Å². The Bertz CT molecular complexity index is 1820. The van der Waals surface area contributed by atoms with Crippen LogP contribution in [0.25, 0.3) is 11.8 Å². The molecule has 206 valence electrons. The van der Waals surface area contributed by atoms with Crippen molar-refractivity contribution < 1.29 is 19.0 Å². The molecule has 1 aliphatic rings. The van der Waals surface area contributed by atoms with Crippen molar-refractivity contribution in [3.63, 3.8) is 0 Å². The maximum Gasteiger partial charge on any atom is 0.338 e. The highest BCUT2D eigenvalue weighted by Gasteiger charge is 2.34. The molecule has 0 N–H and O–H groups in total. The second kappa shape index (κ2) is 11.1. The van der Waals surface area contributed by atoms with E-state index in [0.717, 1.165) is 11.4 Å².